The molecule has 0 aliphatic heterocycles. The second-order valence-electron chi connectivity index (χ2n) is 6.09. The van der Waals surface area contributed by atoms with Crippen LogP contribution in [-0.4, -0.2) is 25.4 Å². The van der Waals surface area contributed by atoms with Crippen molar-refractivity contribution in [1.29, 1.82) is 0 Å². The number of carbonyl (C=O) groups is 1. The summed E-state index contributed by atoms with van der Waals surface area (Å²) in [7, 11) is 1.92. The van der Waals surface area contributed by atoms with Crippen molar-refractivity contribution in [3.05, 3.63) is 35.2 Å². The molecule has 0 saturated heterocycles. The zero-order valence-electron chi connectivity index (χ0n) is 14.3. The van der Waals surface area contributed by atoms with E-state index in [9.17, 15) is 4.79 Å². The smallest absolute Gasteiger partial charge is 0.225 e. The Morgan fingerprint density at radius 2 is 1.91 bits per heavy atom. The zero-order chi connectivity index (χ0) is 17.1. The van der Waals surface area contributed by atoms with Gasteiger partial charge in [-0.05, 0) is 19.8 Å². The van der Waals surface area contributed by atoms with Crippen LogP contribution in [0.2, 0.25) is 0 Å². The number of hydrogen-bond donors (Lipinski definition) is 2. The average Bonchev–Trinajstić information content (AvgIpc) is 2.86. The number of nitrogens with two attached hydrogens (primary N) is 1. The second kappa shape index (κ2) is 6.76. The largest absolute Gasteiger partial charge is 0.368 e. The molecule has 0 aliphatic carbocycles. The molecule has 2 aromatic rings. The van der Waals surface area contributed by atoms with Crippen molar-refractivity contribution in [2.75, 3.05) is 5.73 Å². The first-order valence-electron chi connectivity index (χ1n) is 7.65. The summed E-state index contributed by atoms with van der Waals surface area (Å²) >= 11 is 0. The molecule has 0 spiro atoms. The van der Waals surface area contributed by atoms with Crippen molar-refractivity contribution in [3.8, 4) is 0 Å². The van der Waals surface area contributed by atoms with E-state index in [4.69, 9.17) is 5.73 Å². The monoisotopic (exact) mass is 316 g/mol. The van der Waals surface area contributed by atoms with Gasteiger partial charge in [-0.25, -0.2) is 15.0 Å². The van der Waals surface area contributed by atoms with Gasteiger partial charge in [0.2, 0.25) is 11.9 Å². The Bertz CT molecular complexity index is 683. The van der Waals surface area contributed by atoms with E-state index in [1.165, 1.54) is 0 Å². The van der Waals surface area contributed by atoms with Gasteiger partial charge >= 0.3 is 0 Å². The highest BCUT2D eigenvalue weighted by Gasteiger charge is 2.23. The molecule has 23 heavy (non-hydrogen) atoms. The van der Waals surface area contributed by atoms with E-state index >= 15 is 0 Å². The minimum absolute atomic E-state index is 0.0775. The Morgan fingerprint density at radius 3 is 2.39 bits per heavy atom. The van der Waals surface area contributed by atoms with E-state index in [0.717, 1.165) is 22.8 Å². The first kappa shape index (κ1) is 16.9. The number of imidazole rings is 1. The first-order valence-corrected chi connectivity index (χ1v) is 7.65. The number of rotatable bonds is 5. The van der Waals surface area contributed by atoms with Crippen molar-refractivity contribution in [2.24, 2.45) is 13.0 Å². The fourth-order valence-electron chi connectivity index (χ4n) is 2.61. The van der Waals surface area contributed by atoms with Crippen LogP contribution in [0.5, 0.6) is 0 Å². The van der Waals surface area contributed by atoms with Gasteiger partial charge in [0.1, 0.15) is 5.82 Å². The summed E-state index contributed by atoms with van der Waals surface area (Å²) in [5, 5.41) is 3.07. The van der Waals surface area contributed by atoms with Gasteiger partial charge in [0.05, 0.1) is 12.5 Å². The molecular weight excluding hydrogens is 292 g/mol. The molecular formula is C16H24N6O. The van der Waals surface area contributed by atoms with Crippen molar-refractivity contribution in [3.63, 3.8) is 0 Å². The molecule has 1 atom stereocenters. The predicted octanol–water partition coefficient (Wildman–Crippen LogP) is 1.47. The molecule has 3 N–H and O–H groups in total. The predicted molar refractivity (Wildman–Crippen MR) is 88.6 cm³/mol. The fraction of sp³-hybridized carbons (Fsp3) is 0.500. The molecule has 0 fully saturated rings. The summed E-state index contributed by atoms with van der Waals surface area (Å²) < 4.78 is 1.92. The highest BCUT2D eigenvalue weighted by atomic mass is 16.1. The number of carbonyl (C=O) groups excluding carboxylic acids is 1. The van der Waals surface area contributed by atoms with Gasteiger partial charge in [0.15, 0.2) is 0 Å². The summed E-state index contributed by atoms with van der Waals surface area (Å²) in [5.74, 6) is 1.23. The van der Waals surface area contributed by atoms with Gasteiger partial charge in [-0.15, -0.1) is 0 Å². The Hall–Kier alpha value is -2.44. The molecule has 1 amide bonds. The third-order valence-corrected chi connectivity index (χ3v) is 3.90. The number of anilines is 1. The molecule has 0 unspecified atom stereocenters. The molecule has 2 rings (SSSR count). The van der Waals surface area contributed by atoms with E-state index < -0.39 is 0 Å². The molecule has 7 nitrogen and oxygen atoms in total. The van der Waals surface area contributed by atoms with Crippen molar-refractivity contribution in [2.45, 2.75) is 40.2 Å². The standard InChI is InChI=1S/C16H24N6O/c1-9(2)14(15-18-6-7-22(15)5)21-13(23)8-12-10(3)19-16(17)20-11(12)4/h6-7,9,14H,8H2,1-5H3,(H,21,23)(H2,17,19,20)/t14-/m1/s1. The number of amides is 1. The Morgan fingerprint density at radius 1 is 1.30 bits per heavy atom. The van der Waals surface area contributed by atoms with E-state index in [1.54, 1.807) is 6.20 Å². The van der Waals surface area contributed by atoms with Crippen LogP contribution in [0.15, 0.2) is 12.4 Å². The minimum Gasteiger partial charge on any atom is -0.368 e. The van der Waals surface area contributed by atoms with Gasteiger partial charge in [0.25, 0.3) is 0 Å². The summed E-state index contributed by atoms with van der Waals surface area (Å²) in [4.78, 5) is 25.1. The van der Waals surface area contributed by atoms with Crippen LogP contribution in [0, 0.1) is 19.8 Å². The van der Waals surface area contributed by atoms with E-state index in [-0.39, 0.29) is 30.2 Å². The van der Waals surface area contributed by atoms with Crippen molar-refractivity contribution in [1.82, 2.24) is 24.8 Å². The SMILES string of the molecule is Cc1nc(N)nc(C)c1CC(=O)N[C@@H](c1nccn1C)C(C)C. The maximum atomic E-state index is 12.5. The average molecular weight is 316 g/mol. The normalized spacial score (nSPS) is 12.4. The van der Waals surface area contributed by atoms with Gasteiger partial charge in [-0.3, -0.25) is 4.79 Å². The fourth-order valence-corrected chi connectivity index (χ4v) is 2.61. The lowest BCUT2D eigenvalue weighted by atomic mass is 10.0. The number of hydrogen-bond acceptors (Lipinski definition) is 5. The quantitative estimate of drug-likeness (QED) is 0.870. The lowest BCUT2D eigenvalue weighted by molar-refractivity contribution is -0.121. The number of nitrogens with one attached hydrogen (secondary N) is 1. The lowest BCUT2D eigenvalue weighted by Crippen LogP contribution is -2.34. The van der Waals surface area contributed by atoms with Crippen LogP contribution < -0.4 is 11.1 Å². The molecule has 0 bridgehead atoms. The molecule has 0 saturated carbocycles. The summed E-state index contributed by atoms with van der Waals surface area (Å²) in [6.07, 6.45) is 3.84. The van der Waals surface area contributed by atoms with Gasteiger partial charge in [-0.2, -0.15) is 0 Å². The first-order chi connectivity index (χ1) is 10.8. The van der Waals surface area contributed by atoms with Crippen LogP contribution in [0.25, 0.3) is 0 Å². The van der Waals surface area contributed by atoms with Gasteiger partial charge in [-0.1, -0.05) is 13.8 Å². The maximum Gasteiger partial charge on any atom is 0.225 e. The number of nitrogen functional groups attached to an aromatic ring is 1. The van der Waals surface area contributed by atoms with E-state index in [2.05, 4.69) is 34.1 Å². The minimum atomic E-state index is -0.141. The van der Waals surface area contributed by atoms with Crippen molar-refractivity contribution >= 4 is 11.9 Å². The molecule has 0 aliphatic rings. The number of nitrogens with zero attached hydrogens (tertiary/aromatic N) is 4. The van der Waals surface area contributed by atoms with E-state index in [0.29, 0.717) is 0 Å². The number of aryl methyl sites for hydroxylation is 3. The Labute approximate surface area is 136 Å². The summed E-state index contributed by atoms with van der Waals surface area (Å²) in [6.45, 7) is 7.80. The van der Waals surface area contributed by atoms with Gasteiger partial charge in [0, 0.05) is 36.4 Å². The second-order valence-corrected chi connectivity index (χ2v) is 6.09. The third kappa shape index (κ3) is 3.85. The van der Waals surface area contributed by atoms with Crippen LogP contribution >= 0.6 is 0 Å². The molecule has 2 aromatic heterocycles. The topological polar surface area (TPSA) is 98.7 Å². The molecule has 0 radical (unpaired) electrons. The van der Waals surface area contributed by atoms with Crippen LogP contribution in [0.1, 0.15) is 42.7 Å². The third-order valence-electron chi connectivity index (χ3n) is 3.90. The Kier molecular flexibility index (Phi) is 4.98. The molecule has 2 heterocycles. The van der Waals surface area contributed by atoms with Crippen molar-refractivity contribution < 1.29 is 4.79 Å². The number of aromatic nitrogens is 4. The van der Waals surface area contributed by atoms with Crippen LogP contribution in [-0.2, 0) is 18.3 Å². The summed E-state index contributed by atoms with van der Waals surface area (Å²) in [5.41, 5.74) is 7.92. The highest BCUT2D eigenvalue weighted by molar-refractivity contribution is 5.79. The molecule has 124 valence electrons. The summed E-state index contributed by atoms with van der Waals surface area (Å²) in [6, 6.07) is -0.141. The molecule has 7 heteroatoms. The van der Waals surface area contributed by atoms with Crippen LogP contribution in [0.4, 0.5) is 5.95 Å². The maximum absolute atomic E-state index is 12.5. The lowest BCUT2D eigenvalue weighted by Gasteiger charge is -2.22. The van der Waals surface area contributed by atoms with Crippen LogP contribution in [0.3, 0.4) is 0 Å². The van der Waals surface area contributed by atoms with Gasteiger partial charge < -0.3 is 15.6 Å². The highest BCUT2D eigenvalue weighted by Crippen LogP contribution is 2.20. The Balaban J connectivity index is 2.16. The zero-order valence-corrected chi connectivity index (χ0v) is 14.3. The van der Waals surface area contributed by atoms with E-state index in [1.807, 2.05) is 31.7 Å². The molecule has 0 aromatic carbocycles.